The predicted octanol–water partition coefficient (Wildman–Crippen LogP) is 4.30. The number of aromatic amines is 1. The van der Waals surface area contributed by atoms with E-state index >= 15 is 0 Å². The molecule has 2 aliphatic rings. The smallest absolute Gasteiger partial charge is 0.411 e. The van der Waals surface area contributed by atoms with Crippen LogP contribution in [0.5, 0.6) is 5.75 Å². The van der Waals surface area contributed by atoms with Crippen LogP contribution < -0.4 is 4.74 Å². The molecule has 26 heavy (non-hydrogen) atoms. The lowest BCUT2D eigenvalue weighted by molar-refractivity contribution is 0.147. The molecule has 3 aromatic rings. The molecule has 5 rings (SSSR count). The van der Waals surface area contributed by atoms with Gasteiger partial charge in [0.25, 0.3) is 0 Å². The van der Waals surface area contributed by atoms with Gasteiger partial charge in [0.1, 0.15) is 18.4 Å². The van der Waals surface area contributed by atoms with Crippen LogP contribution in [0.2, 0.25) is 5.02 Å². The Balaban J connectivity index is 1.75. The molecule has 132 valence electrons. The van der Waals surface area contributed by atoms with Gasteiger partial charge in [-0.3, -0.25) is 4.90 Å². The molecule has 2 aliphatic heterocycles. The molecule has 1 aromatic heterocycles. The Kier molecular flexibility index (Phi) is 3.40. The van der Waals surface area contributed by atoms with Gasteiger partial charge in [-0.1, -0.05) is 23.7 Å². The van der Waals surface area contributed by atoms with Gasteiger partial charge in [0.15, 0.2) is 0 Å². The number of aromatic nitrogens is 1. The number of hydrogen-bond acceptors (Lipinski definition) is 3. The highest BCUT2D eigenvalue weighted by Crippen LogP contribution is 2.43. The fourth-order valence-electron chi connectivity index (χ4n) is 4.15. The highest BCUT2D eigenvalue weighted by atomic mass is 35.5. The van der Waals surface area contributed by atoms with Gasteiger partial charge in [-0.25, -0.2) is 4.79 Å². The molecular weight excluding hydrogens is 352 g/mol. The van der Waals surface area contributed by atoms with Gasteiger partial charge in [0, 0.05) is 21.6 Å². The van der Waals surface area contributed by atoms with E-state index in [-0.39, 0.29) is 18.2 Å². The molecule has 1 N–H and O–H groups in total. The Morgan fingerprint density at radius 1 is 1.27 bits per heavy atom. The minimum Gasteiger partial charge on any atom is -0.497 e. The summed E-state index contributed by atoms with van der Waals surface area (Å²) in [6.45, 7) is 0.409. The molecule has 0 spiro atoms. The summed E-state index contributed by atoms with van der Waals surface area (Å²) in [5, 5.41) is 1.78. The van der Waals surface area contributed by atoms with Crippen LogP contribution in [0.25, 0.3) is 10.9 Å². The molecule has 0 aliphatic carbocycles. The Labute approximate surface area is 155 Å². The molecule has 0 bridgehead atoms. The first-order chi connectivity index (χ1) is 12.7. The molecule has 6 heteroatoms. The topological polar surface area (TPSA) is 54.6 Å². The second-order valence-electron chi connectivity index (χ2n) is 6.73. The zero-order chi connectivity index (χ0) is 17.8. The third kappa shape index (κ3) is 2.20. The van der Waals surface area contributed by atoms with E-state index in [4.69, 9.17) is 21.1 Å². The third-order valence-corrected chi connectivity index (χ3v) is 5.54. The largest absolute Gasteiger partial charge is 0.497 e. The van der Waals surface area contributed by atoms with E-state index in [9.17, 15) is 4.79 Å². The molecule has 0 radical (unpaired) electrons. The van der Waals surface area contributed by atoms with Crippen molar-refractivity contribution in [2.75, 3.05) is 13.7 Å². The van der Waals surface area contributed by atoms with Crippen molar-refractivity contribution in [1.29, 1.82) is 0 Å². The zero-order valence-electron chi connectivity index (χ0n) is 14.2. The predicted molar refractivity (Wildman–Crippen MR) is 98.8 cm³/mol. The number of benzene rings is 2. The fraction of sp³-hybridized carbons (Fsp3) is 0.250. The van der Waals surface area contributed by atoms with Gasteiger partial charge in [-0.05, 0) is 47.9 Å². The Hall–Kier alpha value is -2.66. The van der Waals surface area contributed by atoms with Crippen LogP contribution in [0.3, 0.4) is 0 Å². The maximum Gasteiger partial charge on any atom is 0.411 e. The van der Waals surface area contributed by atoms with E-state index in [2.05, 4.69) is 4.98 Å². The number of H-pyrrole nitrogens is 1. The first-order valence-electron chi connectivity index (χ1n) is 8.55. The lowest BCUT2D eigenvalue weighted by Crippen LogP contribution is -2.42. The van der Waals surface area contributed by atoms with Crippen LogP contribution in [-0.2, 0) is 11.2 Å². The number of halogens is 1. The molecular formula is C20H17ClN2O3. The minimum absolute atomic E-state index is 0.0178. The first kappa shape index (κ1) is 15.6. The van der Waals surface area contributed by atoms with E-state index < -0.39 is 0 Å². The lowest BCUT2D eigenvalue weighted by atomic mass is 9.89. The van der Waals surface area contributed by atoms with Gasteiger partial charge in [0.05, 0.1) is 13.2 Å². The molecule has 1 amide bonds. The standard InChI is InChI=1S/C20H17ClN2O3/c1-25-14-5-6-17-15(9-14)16-8-13-10-26-20(24)23(13)19(18(16)22-17)11-3-2-4-12(21)7-11/h2-7,9,13,19,22H,8,10H2,1H3/t13?,19-/m1/s1. The number of fused-ring (bicyclic) bond motifs is 4. The minimum atomic E-state index is -0.276. The SMILES string of the molecule is COc1ccc2[nH]c3c(c2c1)CC1COC(=O)N1[C@@H]3c1cccc(Cl)c1. The summed E-state index contributed by atoms with van der Waals surface area (Å²) in [6, 6.07) is 13.4. The highest BCUT2D eigenvalue weighted by molar-refractivity contribution is 6.30. The molecule has 0 saturated carbocycles. The van der Waals surface area contributed by atoms with Crippen molar-refractivity contribution in [2.45, 2.75) is 18.5 Å². The second-order valence-corrected chi connectivity index (χ2v) is 7.16. The number of nitrogens with zero attached hydrogens (tertiary/aromatic N) is 1. The van der Waals surface area contributed by atoms with Crippen molar-refractivity contribution in [2.24, 2.45) is 0 Å². The number of ether oxygens (including phenoxy) is 2. The summed E-state index contributed by atoms with van der Waals surface area (Å²) in [5.41, 5.74) is 4.24. The van der Waals surface area contributed by atoms with Gasteiger partial charge >= 0.3 is 6.09 Å². The van der Waals surface area contributed by atoms with E-state index in [1.807, 2.05) is 47.4 Å². The van der Waals surface area contributed by atoms with E-state index in [0.717, 1.165) is 34.3 Å². The van der Waals surface area contributed by atoms with Gasteiger partial charge in [-0.2, -0.15) is 0 Å². The molecule has 1 fully saturated rings. The molecule has 1 saturated heterocycles. The number of cyclic esters (lactones) is 1. The molecule has 2 atom stereocenters. The Morgan fingerprint density at radius 2 is 2.15 bits per heavy atom. The van der Waals surface area contributed by atoms with Crippen molar-refractivity contribution >= 4 is 28.6 Å². The van der Waals surface area contributed by atoms with Gasteiger partial charge in [-0.15, -0.1) is 0 Å². The fourth-order valence-corrected chi connectivity index (χ4v) is 4.35. The number of rotatable bonds is 2. The summed E-state index contributed by atoms with van der Waals surface area (Å²) in [7, 11) is 1.67. The number of carbonyl (C=O) groups is 1. The van der Waals surface area contributed by atoms with Crippen LogP contribution >= 0.6 is 11.6 Å². The summed E-state index contributed by atoms with van der Waals surface area (Å²) in [5.74, 6) is 0.819. The van der Waals surface area contributed by atoms with E-state index in [1.54, 1.807) is 7.11 Å². The van der Waals surface area contributed by atoms with Crippen LogP contribution in [0.15, 0.2) is 42.5 Å². The van der Waals surface area contributed by atoms with E-state index in [0.29, 0.717) is 11.6 Å². The Morgan fingerprint density at radius 3 is 2.96 bits per heavy atom. The summed E-state index contributed by atoms with van der Waals surface area (Å²) < 4.78 is 10.7. The highest BCUT2D eigenvalue weighted by Gasteiger charge is 2.45. The lowest BCUT2D eigenvalue weighted by Gasteiger charge is -2.35. The van der Waals surface area contributed by atoms with Gasteiger partial charge in [0.2, 0.25) is 0 Å². The molecule has 2 aromatic carbocycles. The van der Waals surface area contributed by atoms with Crippen molar-refractivity contribution in [3.8, 4) is 5.75 Å². The monoisotopic (exact) mass is 368 g/mol. The second kappa shape index (κ2) is 5.68. The number of carbonyl (C=O) groups excluding carboxylic acids is 1. The Bertz CT molecular complexity index is 1030. The van der Waals surface area contributed by atoms with Crippen molar-refractivity contribution in [1.82, 2.24) is 9.88 Å². The van der Waals surface area contributed by atoms with Crippen LogP contribution in [-0.4, -0.2) is 35.7 Å². The van der Waals surface area contributed by atoms with E-state index in [1.165, 1.54) is 5.56 Å². The molecule has 3 heterocycles. The number of hydrogen-bond donors (Lipinski definition) is 1. The number of methoxy groups -OCH3 is 1. The number of amides is 1. The van der Waals surface area contributed by atoms with Crippen molar-refractivity contribution in [3.63, 3.8) is 0 Å². The average molecular weight is 369 g/mol. The van der Waals surface area contributed by atoms with Crippen LogP contribution in [0, 0.1) is 0 Å². The van der Waals surface area contributed by atoms with Crippen LogP contribution in [0.1, 0.15) is 22.9 Å². The van der Waals surface area contributed by atoms with Crippen LogP contribution in [0.4, 0.5) is 4.79 Å². The number of nitrogens with one attached hydrogen (secondary N) is 1. The molecule has 5 nitrogen and oxygen atoms in total. The zero-order valence-corrected chi connectivity index (χ0v) is 14.9. The quantitative estimate of drug-likeness (QED) is 0.733. The van der Waals surface area contributed by atoms with Crippen molar-refractivity contribution < 1.29 is 14.3 Å². The first-order valence-corrected chi connectivity index (χ1v) is 8.92. The van der Waals surface area contributed by atoms with Gasteiger partial charge < -0.3 is 14.5 Å². The summed E-state index contributed by atoms with van der Waals surface area (Å²) in [6.07, 6.45) is 0.479. The average Bonchev–Trinajstić information content (AvgIpc) is 3.20. The normalized spacial score (nSPS) is 21.5. The molecule has 1 unspecified atom stereocenters. The summed E-state index contributed by atoms with van der Waals surface area (Å²) in [4.78, 5) is 17.8. The maximum atomic E-state index is 12.4. The van der Waals surface area contributed by atoms with Crippen molar-refractivity contribution in [3.05, 3.63) is 64.3 Å². The maximum absolute atomic E-state index is 12.4. The summed E-state index contributed by atoms with van der Waals surface area (Å²) >= 11 is 6.23. The third-order valence-electron chi connectivity index (χ3n) is 5.31.